The number of amides is 1. The lowest BCUT2D eigenvalue weighted by atomic mass is 10.2. The van der Waals surface area contributed by atoms with Gasteiger partial charge in [0.05, 0.1) is 6.20 Å². The fourth-order valence-electron chi connectivity index (χ4n) is 1.66. The van der Waals surface area contributed by atoms with Gasteiger partial charge in [0, 0.05) is 18.3 Å². The largest absolute Gasteiger partial charge is 0.481 e. The van der Waals surface area contributed by atoms with E-state index in [0.29, 0.717) is 18.7 Å². The Kier molecular flexibility index (Phi) is 4.55. The molecule has 0 bridgehead atoms. The van der Waals surface area contributed by atoms with Gasteiger partial charge >= 0.3 is 0 Å². The van der Waals surface area contributed by atoms with Crippen molar-refractivity contribution in [2.45, 2.75) is 26.0 Å². The lowest BCUT2D eigenvalue weighted by Crippen LogP contribution is -2.37. The quantitative estimate of drug-likeness (QED) is 0.832. The Morgan fingerprint density at radius 2 is 2.21 bits per heavy atom. The summed E-state index contributed by atoms with van der Waals surface area (Å²) in [5, 5.41) is 9.36. The Morgan fingerprint density at radius 1 is 1.42 bits per heavy atom. The molecule has 5 heteroatoms. The van der Waals surface area contributed by atoms with E-state index in [-0.39, 0.29) is 5.91 Å². The number of carbonyl (C=O) groups excluding carboxylic acids is 1. The molecule has 2 N–H and O–H groups in total. The molecule has 1 amide bonds. The summed E-state index contributed by atoms with van der Waals surface area (Å²) in [5.74, 6) is 0.584. The van der Waals surface area contributed by atoms with Crippen LogP contribution in [0.4, 0.5) is 0 Å². The van der Waals surface area contributed by atoms with Crippen molar-refractivity contribution in [2.24, 2.45) is 0 Å². The monoisotopic (exact) mass is 259 g/mol. The third-order valence-electron chi connectivity index (χ3n) is 2.71. The van der Waals surface area contributed by atoms with Crippen molar-refractivity contribution >= 4 is 5.91 Å². The minimum Gasteiger partial charge on any atom is -0.481 e. The van der Waals surface area contributed by atoms with Gasteiger partial charge in [-0.15, -0.1) is 0 Å². The minimum atomic E-state index is -0.477. The third-order valence-corrected chi connectivity index (χ3v) is 2.71. The highest BCUT2D eigenvalue weighted by atomic mass is 16.5. The van der Waals surface area contributed by atoms with E-state index in [1.165, 1.54) is 0 Å². The second-order valence-corrected chi connectivity index (χ2v) is 4.15. The zero-order valence-corrected chi connectivity index (χ0v) is 10.8. The highest BCUT2D eigenvalue weighted by Crippen LogP contribution is 2.12. The van der Waals surface area contributed by atoms with Crippen LogP contribution < -0.4 is 10.1 Å². The van der Waals surface area contributed by atoms with Crippen LogP contribution in [0.1, 0.15) is 18.9 Å². The third kappa shape index (κ3) is 3.84. The number of hydrogen-bond donors (Lipinski definition) is 2. The van der Waals surface area contributed by atoms with Crippen molar-refractivity contribution < 1.29 is 9.53 Å². The highest BCUT2D eigenvalue weighted by Gasteiger charge is 2.17. The molecular weight excluding hydrogens is 242 g/mol. The predicted octanol–water partition coefficient (Wildman–Crippen LogP) is 1.88. The first-order chi connectivity index (χ1) is 9.29. The number of aromatic amines is 1. The molecule has 2 aromatic rings. The van der Waals surface area contributed by atoms with Gasteiger partial charge in [-0.25, -0.2) is 0 Å². The molecule has 5 nitrogen and oxygen atoms in total. The fourth-order valence-corrected chi connectivity index (χ4v) is 1.66. The first-order valence-corrected chi connectivity index (χ1v) is 6.26. The van der Waals surface area contributed by atoms with Crippen LogP contribution in [0.5, 0.6) is 5.75 Å². The minimum absolute atomic E-state index is 0.118. The summed E-state index contributed by atoms with van der Waals surface area (Å²) >= 11 is 0. The van der Waals surface area contributed by atoms with Crippen molar-refractivity contribution in [3.8, 4) is 5.75 Å². The van der Waals surface area contributed by atoms with E-state index in [1.807, 2.05) is 37.3 Å². The molecule has 1 aromatic carbocycles. The number of para-hydroxylation sites is 1. The number of nitrogens with zero attached hydrogens (tertiary/aromatic N) is 1. The van der Waals surface area contributed by atoms with Crippen molar-refractivity contribution in [2.75, 3.05) is 0 Å². The van der Waals surface area contributed by atoms with Crippen LogP contribution in [0, 0.1) is 0 Å². The van der Waals surface area contributed by atoms with Crippen LogP contribution in [0.25, 0.3) is 0 Å². The van der Waals surface area contributed by atoms with Crippen LogP contribution in [-0.2, 0) is 11.3 Å². The van der Waals surface area contributed by atoms with Gasteiger partial charge in [-0.05, 0) is 18.6 Å². The fraction of sp³-hybridized carbons (Fsp3) is 0.286. The lowest BCUT2D eigenvalue weighted by Gasteiger charge is -2.16. The molecule has 0 spiro atoms. The van der Waals surface area contributed by atoms with Gasteiger partial charge in [-0.2, -0.15) is 5.10 Å². The maximum absolute atomic E-state index is 12.0. The van der Waals surface area contributed by atoms with Gasteiger partial charge in [0.25, 0.3) is 5.91 Å². The number of carbonyl (C=O) groups is 1. The first-order valence-electron chi connectivity index (χ1n) is 6.26. The summed E-state index contributed by atoms with van der Waals surface area (Å²) in [4.78, 5) is 12.0. The van der Waals surface area contributed by atoms with Crippen molar-refractivity contribution in [1.29, 1.82) is 0 Å². The van der Waals surface area contributed by atoms with Gasteiger partial charge < -0.3 is 10.1 Å². The number of hydrogen-bond acceptors (Lipinski definition) is 3. The van der Waals surface area contributed by atoms with Crippen LogP contribution in [0.15, 0.2) is 42.7 Å². The average Bonchev–Trinajstić information content (AvgIpc) is 2.96. The highest BCUT2D eigenvalue weighted by molar-refractivity contribution is 5.81. The summed E-state index contributed by atoms with van der Waals surface area (Å²) in [6.45, 7) is 2.37. The molecule has 0 aliphatic carbocycles. The van der Waals surface area contributed by atoms with E-state index >= 15 is 0 Å². The van der Waals surface area contributed by atoms with Gasteiger partial charge in [0.2, 0.25) is 0 Å². The van der Waals surface area contributed by atoms with Crippen molar-refractivity contribution in [3.05, 3.63) is 48.3 Å². The van der Waals surface area contributed by atoms with Gasteiger partial charge in [-0.1, -0.05) is 25.1 Å². The number of ether oxygens (including phenoxy) is 1. The van der Waals surface area contributed by atoms with Gasteiger partial charge in [0.1, 0.15) is 5.75 Å². The van der Waals surface area contributed by atoms with Crippen LogP contribution in [-0.4, -0.2) is 22.2 Å². The molecule has 19 heavy (non-hydrogen) atoms. The predicted molar refractivity (Wildman–Crippen MR) is 71.6 cm³/mol. The zero-order chi connectivity index (χ0) is 13.5. The van der Waals surface area contributed by atoms with E-state index in [2.05, 4.69) is 15.5 Å². The van der Waals surface area contributed by atoms with Crippen LogP contribution in [0.2, 0.25) is 0 Å². The summed E-state index contributed by atoms with van der Waals surface area (Å²) in [7, 11) is 0. The maximum Gasteiger partial charge on any atom is 0.261 e. The molecule has 1 atom stereocenters. The second-order valence-electron chi connectivity index (χ2n) is 4.15. The number of H-pyrrole nitrogens is 1. The average molecular weight is 259 g/mol. The smallest absolute Gasteiger partial charge is 0.261 e. The van der Waals surface area contributed by atoms with Gasteiger partial charge in [0.15, 0.2) is 6.10 Å². The van der Waals surface area contributed by atoms with E-state index in [0.717, 1.165) is 5.56 Å². The SMILES string of the molecule is CCC(Oc1ccccc1)C(=O)NCc1cn[nH]c1. The van der Waals surface area contributed by atoms with E-state index < -0.39 is 6.10 Å². The number of nitrogens with one attached hydrogen (secondary N) is 2. The molecule has 100 valence electrons. The standard InChI is InChI=1S/C14H17N3O2/c1-2-13(19-12-6-4-3-5-7-12)14(18)15-8-11-9-16-17-10-11/h3-7,9-10,13H,2,8H2,1H3,(H,15,18)(H,16,17). The summed E-state index contributed by atoms with van der Waals surface area (Å²) in [5.41, 5.74) is 0.933. The molecule has 1 unspecified atom stereocenters. The van der Waals surface area contributed by atoms with Crippen molar-refractivity contribution in [1.82, 2.24) is 15.5 Å². The molecule has 0 fully saturated rings. The Labute approximate surface area is 112 Å². The molecule has 0 radical (unpaired) electrons. The summed E-state index contributed by atoms with van der Waals surface area (Å²) in [6, 6.07) is 9.35. The summed E-state index contributed by atoms with van der Waals surface area (Å²) in [6.07, 6.45) is 3.57. The number of benzene rings is 1. The molecule has 0 aliphatic heterocycles. The maximum atomic E-state index is 12.0. The molecule has 0 aliphatic rings. The van der Waals surface area contributed by atoms with Crippen LogP contribution >= 0.6 is 0 Å². The molecule has 0 saturated carbocycles. The van der Waals surface area contributed by atoms with E-state index in [4.69, 9.17) is 4.74 Å². The molecule has 1 aromatic heterocycles. The Bertz CT molecular complexity index is 497. The summed E-state index contributed by atoms with van der Waals surface area (Å²) < 4.78 is 5.66. The van der Waals surface area contributed by atoms with E-state index in [1.54, 1.807) is 12.4 Å². The normalized spacial score (nSPS) is 11.8. The number of aromatic nitrogens is 2. The number of rotatable bonds is 6. The molecule has 2 rings (SSSR count). The van der Waals surface area contributed by atoms with Crippen molar-refractivity contribution in [3.63, 3.8) is 0 Å². The Morgan fingerprint density at radius 3 is 2.84 bits per heavy atom. The Balaban J connectivity index is 1.88. The Hall–Kier alpha value is -2.30. The molecule has 0 saturated heterocycles. The molecule has 1 heterocycles. The lowest BCUT2D eigenvalue weighted by molar-refractivity contribution is -0.128. The first kappa shape index (κ1) is 13.1. The zero-order valence-electron chi connectivity index (χ0n) is 10.8. The molecular formula is C14H17N3O2. The van der Waals surface area contributed by atoms with Gasteiger partial charge in [-0.3, -0.25) is 9.89 Å². The second kappa shape index (κ2) is 6.58. The van der Waals surface area contributed by atoms with E-state index in [9.17, 15) is 4.79 Å². The van der Waals surface area contributed by atoms with Crippen LogP contribution in [0.3, 0.4) is 0 Å². The topological polar surface area (TPSA) is 67.0 Å².